The van der Waals surface area contributed by atoms with Crippen molar-refractivity contribution in [1.82, 2.24) is 10.2 Å². The molecule has 1 heterocycles. The Morgan fingerprint density at radius 2 is 2.19 bits per heavy atom. The average molecular weight is 228 g/mol. The highest BCUT2D eigenvalue weighted by atomic mass is 16.5. The van der Waals surface area contributed by atoms with Crippen molar-refractivity contribution in [1.29, 1.82) is 0 Å². The van der Waals surface area contributed by atoms with Crippen molar-refractivity contribution in [3.05, 3.63) is 0 Å². The van der Waals surface area contributed by atoms with Crippen molar-refractivity contribution >= 4 is 0 Å². The molecule has 0 aliphatic carbocycles. The molecule has 3 unspecified atom stereocenters. The summed E-state index contributed by atoms with van der Waals surface area (Å²) in [6, 6.07) is 0.580. The van der Waals surface area contributed by atoms with E-state index in [1.54, 1.807) is 0 Å². The molecule has 16 heavy (non-hydrogen) atoms. The van der Waals surface area contributed by atoms with Gasteiger partial charge in [0.05, 0.1) is 6.61 Å². The number of hydrogen-bond acceptors (Lipinski definition) is 3. The van der Waals surface area contributed by atoms with Crippen LogP contribution in [0, 0.1) is 11.8 Å². The Kier molecular flexibility index (Phi) is 6.32. The summed E-state index contributed by atoms with van der Waals surface area (Å²) in [6.45, 7) is 8.79. The molecule has 1 saturated heterocycles. The van der Waals surface area contributed by atoms with Crippen LogP contribution in [0.1, 0.15) is 26.7 Å². The molecular weight excluding hydrogens is 200 g/mol. The predicted octanol–water partition coefficient (Wildman–Crippen LogP) is 1.59. The fraction of sp³-hybridized carbons (Fsp3) is 1.00. The van der Waals surface area contributed by atoms with Crippen molar-refractivity contribution in [2.45, 2.75) is 32.7 Å². The minimum atomic E-state index is 0.580. The molecule has 1 rings (SSSR count). The molecule has 96 valence electrons. The molecule has 3 atom stereocenters. The number of rotatable bonds is 7. The summed E-state index contributed by atoms with van der Waals surface area (Å²) in [5.74, 6) is 1.49. The molecule has 0 aromatic carbocycles. The number of likely N-dealkylation sites (N-methyl/N-ethyl adjacent to an activating group) is 2. The van der Waals surface area contributed by atoms with E-state index in [1.807, 2.05) is 0 Å². The van der Waals surface area contributed by atoms with Gasteiger partial charge in [-0.05, 0) is 26.4 Å². The fourth-order valence-corrected chi connectivity index (χ4v) is 2.42. The second kappa shape index (κ2) is 7.25. The minimum Gasteiger partial charge on any atom is -0.381 e. The van der Waals surface area contributed by atoms with E-state index in [0.717, 1.165) is 25.7 Å². The zero-order valence-electron chi connectivity index (χ0n) is 11.3. The first-order valence-electron chi connectivity index (χ1n) is 6.60. The molecule has 0 bridgehead atoms. The van der Waals surface area contributed by atoms with Crippen LogP contribution in [0.25, 0.3) is 0 Å². The van der Waals surface area contributed by atoms with Gasteiger partial charge in [-0.3, -0.25) is 0 Å². The highest BCUT2D eigenvalue weighted by Gasteiger charge is 2.25. The number of ether oxygens (including phenoxy) is 1. The Balaban J connectivity index is 2.31. The Morgan fingerprint density at radius 1 is 1.44 bits per heavy atom. The van der Waals surface area contributed by atoms with E-state index in [9.17, 15) is 0 Å². The third-order valence-corrected chi connectivity index (χ3v) is 3.73. The molecule has 1 aliphatic rings. The molecule has 0 saturated carbocycles. The van der Waals surface area contributed by atoms with E-state index in [2.05, 4.69) is 38.2 Å². The Hall–Kier alpha value is -0.120. The maximum Gasteiger partial charge on any atom is 0.0510 e. The Bertz CT molecular complexity index is 181. The summed E-state index contributed by atoms with van der Waals surface area (Å²) in [5, 5.41) is 3.44. The largest absolute Gasteiger partial charge is 0.381 e. The van der Waals surface area contributed by atoms with Gasteiger partial charge in [-0.2, -0.15) is 0 Å². The Morgan fingerprint density at radius 3 is 2.69 bits per heavy atom. The topological polar surface area (TPSA) is 24.5 Å². The van der Waals surface area contributed by atoms with Crippen molar-refractivity contribution < 1.29 is 4.74 Å². The quantitative estimate of drug-likeness (QED) is 0.716. The first-order valence-corrected chi connectivity index (χ1v) is 6.60. The molecule has 3 nitrogen and oxygen atoms in total. The van der Waals surface area contributed by atoms with Crippen LogP contribution < -0.4 is 5.32 Å². The lowest BCUT2D eigenvalue weighted by atomic mass is 9.98. The van der Waals surface area contributed by atoms with Crippen molar-refractivity contribution in [2.24, 2.45) is 11.8 Å². The molecule has 0 spiro atoms. The average Bonchev–Trinajstić information content (AvgIpc) is 2.79. The van der Waals surface area contributed by atoms with Gasteiger partial charge in [-0.15, -0.1) is 0 Å². The third kappa shape index (κ3) is 4.40. The van der Waals surface area contributed by atoms with Crippen LogP contribution in [0.2, 0.25) is 0 Å². The van der Waals surface area contributed by atoms with Gasteiger partial charge < -0.3 is 15.0 Å². The van der Waals surface area contributed by atoms with E-state index in [0.29, 0.717) is 12.0 Å². The highest BCUT2D eigenvalue weighted by Crippen LogP contribution is 2.17. The highest BCUT2D eigenvalue weighted by molar-refractivity contribution is 4.80. The van der Waals surface area contributed by atoms with E-state index < -0.39 is 0 Å². The van der Waals surface area contributed by atoms with Crippen LogP contribution >= 0.6 is 0 Å². The lowest BCUT2D eigenvalue weighted by Gasteiger charge is -2.28. The van der Waals surface area contributed by atoms with E-state index in [1.165, 1.54) is 19.4 Å². The number of hydrogen-bond donors (Lipinski definition) is 1. The number of nitrogens with one attached hydrogen (secondary N) is 1. The van der Waals surface area contributed by atoms with Crippen molar-refractivity contribution in [3.63, 3.8) is 0 Å². The SMILES string of the molecule is CCC(C)CN(C)CC(NC)C1CCOC1. The van der Waals surface area contributed by atoms with E-state index in [4.69, 9.17) is 4.74 Å². The monoisotopic (exact) mass is 228 g/mol. The zero-order valence-corrected chi connectivity index (χ0v) is 11.3. The van der Waals surface area contributed by atoms with Crippen LogP contribution in [0.4, 0.5) is 0 Å². The maximum atomic E-state index is 5.47. The molecule has 0 aromatic rings. The molecular formula is C13H28N2O. The molecule has 1 N–H and O–H groups in total. The van der Waals surface area contributed by atoms with E-state index >= 15 is 0 Å². The van der Waals surface area contributed by atoms with Gasteiger partial charge in [0.15, 0.2) is 0 Å². The Labute approximate surface area is 101 Å². The van der Waals surface area contributed by atoms with Gasteiger partial charge in [0, 0.05) is 31.7 Å². The molecule has 0 amide bonds. The van der Waals surface area contributed by atoms with Crippen molar-refractivity contribution in [3.8, 4) is 0 Å². The third-order valence-electron chi connectivity index (χ3n) is 3.73. The summed E-state index contributed by atoms with van der Waals surface area (Å²) >= 11 is 0. The first-order chi connectivity index (χ1) is 7.67. The zero-order chi connectivity index (χ0) is 12.0. The fourth-order valence-electron chi connectivity index (χ4n) is 2.42. The lowest BCUT2D eigenvalue weighted by Crippen LogP contribution is -2.44. The second-order valence-corrected chi connectivity index (χ2v) is 5.25. The van der Waals surface area contributed by atoms with Gasteiger partial charge in [-0.1, -0.05) is 20.3 Å². The van der Waals surface area contributed by atoms with Gasteiger partial charge in [0.1, 0.15) is 0 Å². The smallest absolute Gasteiger partial charge is 0.0510 e. The summed E-state index contributed by atoms with van der Waals surface area (Å²) in [4.78, 5) is 2.45. The van der Waals surface area contributed by atoms with Gasteiger partial charge in [0.25, 0.3) is 0 Å². The molecule has 3 heteroatoms. The normalized spacial score (nSPS) is 24.9. The minimum absolute atomic E-state index is 0.580. The number of nitrogens with zero attached hydrogens (tertiary/aromatic N) is 1. The summed E-state index contributed by atoms with van der Waals surface area (Å²) in [6.07, 6.45) is 2.48. The van der Waals surface area contributed by atoms with Gasteiger partial charge in [0.2, 0.25) is 0 Å². The van der Waals surface area contributed by atoms with Crippen molar-refractivity contribution in [2.75, 3.05) is 40.4 Å². The molecule has 1 fully saturated rings. The lowest BCUT2D eigenvalue weighted by molar-refractivity contribution is 0.165. The van der Waals surface area contributed by atoms with Crippen LogP contribution in [-0.2, 0) is 4.74 Å². The summed E-state index contributed by atoms with van der Waals surface area (Å²) < 4.78 is 5.47. The van der Waals surface area contributed by atoms with Crippen LogP contribution in [0.3, 0.4) is 0 Å². The van der Waals surface area contributed by atoms with Crippen LogP contribution in [0.5, 0.6) is 0 Å². The standard InChI is InChI=1S/C13H28N2O/c1-5-11(2)8-15(4)9-13(14-3)12-6-7-16-10-12/h11-14H,5-10H2,1-4H3. The van der Waals surface area contributed by atoms with Crippen LogP contribution in [-0.4, -0.2) is 51.3 Å². The molecule has 0 radical (unpaired) electrons. The first kappa shape index (κ1) is 13.9. The van der Waals surface area contributed by atoms with Gasteiger partial charge in [-0.25, -0.2) is 0 Å². The molecule has 1 aliphatic heterocycles. The predicted molar refractivity (Wildman–Crippen MR) is 68.7 cm³/mol. The summed E-state index contributed by atoms with van der Waals surface area (Å²) in [7, 11) is 4.30. The molecule has 0 aromatic heterocycles. The van der Waals surface area contributed by atoms with E-state index in [-0.39, 0.29) is 0 Å². The second-order valence-electron chi connectivity index (χ2n) is 5.25. The van der Waals surface area contributed by atoms with Gasteiger partial charge >= 0.3 is 0 Å². The summed E-state index contributed by atoms with van der Waals surface area (Å²) in [5.41, 5.74) is 0. The maximum absolute atomic E-state index is 5.47. The van der Waals surface area contributed by atoms with Crippen LogP contribution in [0.15, 0.2) is 0 Å².